The summed E-state index contributed by atoms with van der Waals surface area (Å²) in [5.41, 5.74) is 1.01. The zero-order chi connectivity index (χ0) is 17.1. The lowest BCUT2D eigenvalue weighted by molar-refractivity contribution is -0.136. The Morgan fingerprint density at radius 2 is 1.78 bits per heavy atom. The number of carbonyl (C=O) groups is 1. The standard InChI is InChI=1S/C18H31N3O2/c1-4-7-8-9-13-21(14-12-18(22)23)16-10-11-17(19-15-16)20(5-2)6-3/h10-11,15H,4-9,12-14H2,1-3H3,(H,22,23). The number of hydrogen-bond donors (Lipinski definition) is 1. The zero-order valence-electron chi connectivity index (χ0n) is 14.8. The first-order valence-corrected chi connectivity index (χ1v) is 8.80. The van der Waals surface area contributed by atoms with Gasteiger partial charge in [0.2, 0.25) is 0 Å². The van der Waals surface area contributed by atoms with Crippen LogP contribution in [-0.4, -0.2) is 42.2 Å². The van der Waals surface area contributed by atoms with Gasteiger partial charge in [-0.15, -0.1) is 0 Å². The molecule has 1 rings (SSSR count). The summed E-state index contributed by atoms with van der Waals surface area (Å²) in [5, 5.41) is 8.95. The van der Waals surface area contributed by atoms with Gasteiger partial charge in [-0.1, -0.05) is 26.2 Å². The Morgan fingerprint density at radius 1 is 1.04 bits per heavy atom. The van der Waals surface area contributed by atoms with Gasteiger partial charge in [0.25, 0.3) is 0 Å². The van der Waals surface area contributed by atoms with Crippen LogP contribution in [0, 0.1) is 0 Å². The monoisotopic (exact) mass is 321 g/mol. The van der Waals surface area contributed by atoms with Gasteiger partial charge < -0.3 is 14.9 Å². The number of aliphatic carboxylic acids is 1. The smallest absolute Gasteiger partial charge is 0.305 e. The summed E-state index contributed by atoms with van der Waals surface area (Å²) in [6, 6.07) is 4.09. The highest BCUT2D eigenvalue weighted by Gasteiger charge is 2.10. The Kier molecular flexibility index (Phi) is 9.10. The van der Waals surface area contributed by atoms with Gasteiger partial charge >= 0.3 is 5.97 Å². The first kappa shape index (κ1) is 19.3. The van der Waals surface area contributed by atoms with E-state index in [1.54, 1.807) is 0 Å². The number of carboxylic acids is 1. The Labute approximate surface area is 140 Å². The van der Waals surface area contributed by atoms with Crippen molar-refractivity contribution in [1.82, 2.24) is 4.98 Å². The molecule has 23 heavy (non-hydrogen) atoms. The average Bonchev–Trinajstić information content (AvgIpc) is 2.56. The van der Waals surface area contributed by atoms with Crippen molar-refractivity contribution in [2.75, 3.05) is 36.0 Å². The van der Waals surface area contributed by atoms with Crippen molar-refractivity contribution in [2.45, 2.75) is 52.9 Å². The number of pyridine rings is 1. The van der Waals surface area contributed by atoms with Crippen LogP contribution in [0.15, 0.2) is 18.3 Å². The molecule has 0 spiro atoms. The number of hydrogen-bond acceptors (Lipinski definition) is 4. The second-order valence-corrected chi connectivity index (χ2v) is 5.74. The molecule has 0 saturated heterocycles. The van der Waals surface area contributed by atoms with Gasteiger partial charge in [0, 0.05) is 26.2 Å². The Bertz CT molecular complexity index is 444. The first-order chi connectivity index (χ1) is 11.1. The molecule has 0 aliphatic rings. The molecule has 0 aliphatic carbocycles. The highest BCUT2D eigenvalue weighted by Crippen LogP contribution is 2.19. The molecule has 0 bridgehead atoms. The fraction of sp³-hybridized carbons (Fsp3) is 0.667. The highest BCUT2D eigenvalue weighted by atomic mass is 16.4. The molecule has 0 aromatic carbocycles. The maximum atomic E-state index is 10.9. The minimum Gasteiger partial charge on any atom is -0.481 e. The lowest BCUT2D eigenvalue weighted by Gasteiger charge is -2.25. The summed E-state index contributed by atoms with van der Waals surface area (Å²) in [4.78, 5) is 19.8. The van der Waals surface area contributed by atoms with E-state index >= 15 is 0 Å². The maximum Gasteiger partial charge on any atom is 0.305 e. The van der Waals surface area contributed by atoms with Crippen molar-refractivity contribution < 1.29 is 9.90 Å². The van der Waals surface area contributed by atoms with Crippen LogP contribution in [0.4, 0.5) is 11.5 Å². The predicted octanol–water partition coefficient (Wildman–Crippen LogP) is 3.79. The van der Waals surface area contributed by atoms with E-state index in [9.17, 15) is 4.79 Å². The highest BCUT2D eigenvalue weighted by molar-refractivity contribution is 5.67. The molecular weight excluding hydrogens is 290 g/mol. The van der Waals surface area contributed by atoms with Crippen LogP contribution in [0.25, 0.3) is 0 Å². The molecule has 0 radical (unpaired) electrons. The fourth-order valence-electron chi connectivity index (χ4n) is 2.63. The summed E-state index contributed by atoms with van der Waals surface area (Å²) in [6.07, 6.45) is 6.73. The van der Waals surface area contributed by atoms with Crippen LogP contribution in [0.5, 0.6) is 0 Å². The Morgan fingerprint density at radius 3 is 2.30 bits per heavy atom. The Hall–Kier alpha value is -1.78. The third-order valence-electron chi connectivity index (χ3n) is 4.06. The molecule has 1 aromatic heterocycles. The molecule has 1 N–H and O–H groups in total. The van der Waals surface area contributed by atoms with Gasteiger partial charge in [-0.3, -0.25) is 4.79 Å². The molecule has 1 aromatic rings. The second kappa shape index (κ2) is 10.9. The molecule has 0 amide bonds. The van der Waals surface area contributed by atoms with Crippen LogP contribution >= 0.6 is 0 Å². The third kappa shape index (κ3) is 6.89. The molecule has 0 fully saturated rings. The van der Waals surface area contributed by atoms with E-state index in [4.69, 9.17) is 5.11 Å². The van der Waals surface area contributed by atoms with E-state index in [1.165, 1.54) is 19.3 Å². The number of unbranched alkanes of at least 4 members (excludes halogenated alkanes) is 3. The minimum atomic E-state index is -0.753. The van der Waals surface area contributed by atoms with Crippen LogP contribution < -0.4 is 9.80 Å². The van der Waals surface area contributed by atoms with Crippen LogP contribution in [0.3, 0.4) is 0 Å². The number of anilines is 2. The van der Waals surface area contributed by atoms with Gasteiger partial charge in [0.05, 0.1) is 18.3 Å². The van der Waals surface area contributed by atoms with Crippen LogP contribution in [-0.2, 0) is 4.79 Å². The van der Waals surface area contributed by atoms with Gasteiger partial charge in [-0.25, -0.2) is 4.98 Å². The van der Waals surface area contributed by atoms with E-state index < -0.39 is 5.97 Å². The molecule has 5 nitrogen and oxygen atoms in total. The van der Waals surface area contributed by atoms with Crippen molar-refractivity contribution in [3.63, 3.8) is 0 Å². The van der Waals surface area contributed by atoms with Gasteiger partial charge in [-0.2, -0.15) is 0 Å². The van der Waals surface area contributed by atoms with E-state index in [0.717, 1.165) is 37.6 Å². The van der Waals surface area contributed by atoms with Gasteiger partial charge in [0.15, 0.2) is 0 Å². The molecule has 1 heterocycles. The lowest BCUT2D eigenvalue weighted by Crippen LogP contribution is -2.28. The van der Waals surface area contributed by atoms with Gasteiger partial charge in [-0.05, 0) is 32.4 Å². The minimum absolute atomic E-state index is 0.158. The normalized spacial score (nSPS) is 10.6. The SMILES string of the molecule is CCCCCCN(CCC(=O)O)c1ccc(N(CC)CC)nc1. The zero-order valence-corrected chi connectivity index (χ0v) is 14.8. The molecule has 130 valence electrons. The maximum absolute atomic E-state index is 10.9. The summed E-state index contributed by atoms with van der Waals surface area (Å²) in [6.45, 7) is 9.72. The number of aromatic nitrogens is 1. The predicted molar refractivity (Wildman–Crippen MR) is 96.4 cm³/mol. The first-order valence-electron chi connectivity index (χ1n) is 8.80. The Balaban J connectivity index is 2.73. The van der Waals surface area contributed by atoms with Crippen molar-refractivity contribution in [2.24, 2.45) is 0 Å². The van der Waals surface area contributed by atoms with E-state index in [-0.39, 0.29) is 6.42 Å². The third-order valence-corrected chi connectivity index (χ3v) is 4.06. The largest absolute Gasteiger partial charge is 0.481 e. The summed E-state index contributed by atoms with van der Waals surface area (Å²) >= 11 is 0. The number of nitrogens with zero attached hydrogens (tertiary/aromatic N) is 3. The van der Waals surface area contributed by atoms with Crippen LogP contribution in [0.1, 0.15) is 52.9 Å². The molecule has 0 aliphatic heterocycles. The molecular formula is C18H31N3O2. The van der Waals surface area contributed by atoms with Crippen molar-refractivity contribution >= 4 is 17.5 Å². The number of carboxylic acid groups (broad SMARTS) is 1. The van der Waals surface area contributed by atoms with E-state index in [1.807, 2.05) is 12.3 Å². The quantitative estimate of drug-likeness (QED) is 0.594. The van der Waals surface area contributed by atoms with Crippen LogP contribution in [0.2, 0.25) is 0 Å². The summed E-state index contributed by atoms with van der Waals surface area (Å²) < 4.78 is 0. The summed E-state index contributed by atoms with van der Waals surface area (Å²) in [7, 11) is 0. The summed E-state index contributed by atoms with van der Waals surface area (Å²) in [5.74, 6) is 0.221. The van der Waals surface area contributed by atoms with Crippen molar-refractivity contribution in [3.05, 3.63) is 18.3 Å². The average molecular weight is 321 g/mol. The molecule has 0 atom stereocenters. The van der Waals surface area contributed by atoms with Crippen molar-refractivity contribution in [1.29, 1.82) is 0 Å². The van der Waals surface area contributed by atoms with E-state index in [2.05, 4.69) is 41.6 Å². The molecule has 0 unspecified atom stereocenters. The number of rotatable bonds is 12. The fourth-order valence-corrected chi connectivity index (χ4v) is 2.63. The topological polar surface area (TPSA) is 56.7 Å². The lowest BCUT2D eigenvalue weighted by atomic mass is 10.2. The van der Waals surface area contributed by atoms with E-state index in [0.29, 0.717) is 6.54 Å². The van der Waals surface area contributed by atoms with Gasteiger partial charge in [0.1, 0.15) is 5.82 Å². The molecule has 0 saturated carbocycles. The molecule has 5 heteroatoms. The second-order valence-electron chi connectivity index (χ2n) is 5.74. The van der Waals surface area contributed by atoms with Crippen molar-refractivity contribution in [3.8, 4) is 0 Å².